The highest BCUT2D eigenvalue weighted by atomic mass is 32.1. The molecular weight excluding hydrogens is 164 g/mol. The molecule has 0 aromatic rings. The van der Waals surface area contributed by atoms with Crippen LogP contribution in [0.5, 0.6) is 0 Å². The van der Waals surface area contributed by atoms with Gasteiger partial charge in [-0.25, -0.2) is 0 Å². The predicted molar refractivity (Wildman–Crippen MR) is 41.7 cm³/mol. The van der Waals surface area contributed by atoms with E-state index in [1.165, 1.54) is 0 Å². The number of thiol groups is 1. The molecule has 0 amide bonds. The Morgan fingerprint density at radius 3 is 2.91 bits per heavy atom. The number of epoxide rings is 1. The van der Waals surface area contributed by atoms with Crippen LogP contribution >= 0.6 is 12.6 Å². The Labute approximate surface area is 69.5 Å². The van der Waals surface area contributed by atoms with Crippen LogP contribution in [0.15, 0.2) is 12.2 Å². The van der Waals surface area contributed by atoms with Crippen LogP contribution in [0.25, 0.3) is 0 Å². The van der Waals surface area contributed by atoms with Gasteiger partial charge in [-0.3, -0.25) is 4.79 Å². The number of carboxylic acid groups (broad SMARTS) is 1. The molecule has 0 bridgehead atoms. The van der Waals surface area contributed by atoms with E-state index in [9.17, 15) is 4.79 Å². The van der Waals surface area contributed by atoms with Gasteiger partial charge in [0.2, 0.25) is 0 Å². The molecule has 0 radical (unpaired) electrons. The van der Waals surface area contributed by atoms with Crippen molar-refractivity contribution in [1.82, 2.24) is 0 Å². The molecule has 1 fully saturated rings. The molecule has 4 heteroatoms. The zero-order valence-electron chi connectivity index (χ0n) is 5.68. The van der Waals surface area contributed by atoms with Crippen LogP contribution in [0.4, 0.5) is 0 Å². The summed E-state index contributed by atoms with van der Waals surface area (Å²) in [7, 11) is 0. The Balaban J connectivity index is 2.17. The fraction of sp³-hybridized carbons (Fsp3) is 0.571. The maximum atomic E-state index is 10.6. The first-order chi connectivity index (χ1) is 5.20. The molecule has 0 saturated carbocycles. The average Bonchev–Trinajstić information content (AvgIpc) is 2.66. The smallest absolute Gasteiger partial charge is 0.311 e. The van der Waals surface area contributed by atoms with Crippen LogP contribution in [0.1, 0.15) is 0 Å². The second-order valence-electron chi connectivity index (χ2n) is 2.80. The minimum absolute atomic E-state index is 0.0319. The molecule has 2 aliphatic rings. The first-order valence-electron chi connectivity index (χ1n) is 3.45. The summed E-state index contributed by atoms with van der Waals surface area (Å²) in [5, 5.41) is 8.51. The Morgan fingerprint density at radius 1 is 1.55 bits per heavy atom. The SMILES string of the molecule is O=C(O)[C@@H]1C=C[C@H]2O[C@H]2[C@H]1S. The maximum Gasteiger partial charge on any atom is 0.311 e. The maximum absolute atomic E-state index is 10.6. The standard InChI is InChI=1S/C7H8O3S/c8-7(9)3-1-2-4-5(10-4)6(3)11/h1-6,11H,(H,8,9)/t3-,4-,5-,6+/m1/s1. The molecule has 3 nitrogen and oxygen atoms in total. The van der Waals surface area contributed by atoms with Gasteiger partial charge in [0.15, 0.2) is 0 Å². The lowest BCUT2D eigenvalue weighted by molar-refractivity contribution is -0.140. The van der Waals surface area contributed by atoms with Crippen LogP contribution in [0.2, 0.25) is 0 Å². The van der Waals surface area contributed by atoms with E-state index < -0.39 is 11.9 Å². The van der Waals surface area contributed by atoms with E-state index in [2.05, 4.69) is 12.6 Å². The van der Waals surface area contributed by atoms with Crippen LogP contribution < -0.4 is 0 Å². The summed E-state index contributed by atoms with van der Waals surface area (Å²) in [4.78, 5) is 10.6. The Kier molecular flexibility index (Phi) is 1.47. The summed E-state index contributed by atoms with van der Waals surface area (Å²) < 4.78 is 5.14. The molecule has 0 unspecified atom stereocenters. The van der Waals surface area contributed by atoms with Crippen molar-refractivity contribution in [3.05, 3.63) is 12.2 Å². The van der Waals surface area contributed by atoms with Crippen molar-refractivity contribution in [2.75, 3.05) is 0 Å². The van der Waals surface area contributed by atoms with E-state index >= 15 is 0 Å². The summed E-state index contributed by atoms with van der Waals surface area (Å²) in [6, 6.07) is 0. The third kappa shape index (κ3) is 1.06. The number of carboxylic acids is 1. The van der Waals surface area contributed by atoms with Gasteiger partial charge in [0.1, 0.15) is 12.2 Å². The molecule has 11 heavy (non-hydrogen) atoms. The van der Waals surface area contributed by atoms with E-state index in [4.69, 9.17) is 9.84 Å². The first-order valence-corrected chi connectivity index (χ1v) is 3.96. The van der Waals surface area contributed by atoms with Crippen LogP contribution in [0.3, 0.4) is 0 Å². The molecule has 1 aliphatic carbocycles. The monoisotopic (exact) mass is 172 g/mol. The predicted octanol–water partition coefficient (Wildman–Crippen LogP) is 0.323. The first kappa shape index (κ1) is 7.18. The van der Waals surface area contributed by atoms with Crippen molar-refractivity contribution in [3.8, 4) is 0 Å². The van der Waals surface area contributed by atoms with Gasteiger partial charge >= 0.3 is 5.97 Å². The minimum Gasteiger partial charge on any atom is -0.481 e. The summed E-state index contributed by atoms with van der Waals surface area (Å²) in [5.74, 6) is -1.31. The zero-order chi connectivity index (χ0) is 8.01. The van der Waals surface area contributed by atoms with Gasteiger partial charge in [0.05, 0.1) is 5.92 Å². The van der Waals surface area contributed by atoms with E-state index in [-0.39, 0.29) is 17.5 Å². The van der Waals surface area contributed by atoms with Crippen molar-refractivity contribution in [2.24, 2.45) is 5.92 Å². The lowest BCUT2D eigenvalue weighted by Gasteiger charge is -2.15. The highest BCUT2D eigenvalue weighted by molar-refractivity contribution is 7.81. The number of carbonyl (C=O) groups is 1. The minimum atomic E-state index is -0.824. The Hall–Kier alpha value is -0.480. The second kappa shape index (κ2) is 2.25. The number of fused-ring (bicyclic) bond motifs is 1. The van der Waals surface area contributed by atoms with Crippen molar-refractivity contribution in [1.29, 1.82) is 0 Å². The number of rotatable bonds is 1. The van der Waals surface area contributed by atoms with E-state index in [0.29, 0.717) is 0 Å². The summed E-state index contributed by atoms with van der Waals surface area (Å²) >= 11 is 4.18. The molecule has 1 aliphatic heterocycles. The Bertz CT molecular complexity index is 226. The number of hydrogen-bond acceptors (Lipinski definition) is 3. The van der Waals surface area contributed by atoms with Gasteiger partial charge < -0.3 is 9.84 Å². The number of aliphatic carboxylic acids is 1. The van der Waals surface area contributed by atoms with Crippen LogP contribution in [-0.2, 0) is 9.53 Å². The third-order valence-electron chi connectivity index (χ3n) is 2.06. The molecule has 1 N–H and O–H groups in total. The quantitative estimate of drug-likeness (QED) is 0.340. The van der Waals surface area contributed by atoms with Crippen molar-refractivity contribution in [3.63, 3.8) is 0 Å². The topological polar surface area (TPSA) is 49.8 Å². The highest BCUT2D eigenvalue weighted by Gasteiger charge is 2.49. The van der Waals surface area contributed by atoms with Gasteiger partial charge in [-0.05, 0) is 0 Å². The molecule has 60 valence electrons. The molecule has 0 aromatic heterocycles. The van der Waals surface area contributed by atoms with E-state index in [1.54, 1.807) is 12.2 Å². The average molecular weight is 172 g/mol. The number of ether oxygens (including phenoxy) is 1. The van der Waals surface area contributed by atoms with Crippen molar-refractivity contribution >= 4 is 18.6 Å². The zero-order valence-corrected chi connectivity index (χ0v) is 6.57. The summed E-state index contributed by atoms with van der Waals surface area (Å²) in [6.45, 7) is 0. The number of hydrogen-bond donors (Lipinski definition) is 2. The second-order valence-corrected chi connectivity index (χ2v) is 3.40. The molecule has 1 heterocycles. The van der Waals surface area contributed by atoms with Crippen molar-refractivity contribution in [2.45, 2.75) is 17.5 Å². The van der Waals surface area contributed by atoms with Crippen LogP contribution in [0, 0.1) is 5.92 Å². The summed E-state index contributed by atoms with van der Waals surface area (Å²) in [6.07, 6.45) is 3.63. The van der Waals surface area contributed by atoms with E-state index in [0.717, 1.165) is 0 Å². The molecular formula is C7H8O3S. The largest absolute Gasteiger partial charge is 0.481 e. The molecule has 4 atom stereocenters. The lowest BCUT2D eigenvalue weighted by atomic mass is 9.95. The molecule has 1 saturated heterocycles. The molecule has 2 rings (SSSR count). The van der Waals surface area contributed by atoms with E-state index in [1.807, 2.05) is 0 Å². The van der Waals surface area contributed by atoms with Gasteiger partial charge in [-0.15, -0.1) is 0 Å². The fourth-order valence-electron chi connectivity index (χ4n) is 1.34. The lowest BCUT2D eigenvalue weighted by Crippen LogP contribution is -2.29. The van der Waals surface area contributed by atoms with Gasteiger partial charge in [0, 0.05) is 5.25 Å². The molecule has 0 aromatic carbocycles. The third-order valence-corrected chi connectivity index (χ3v) is 2.67. The Morgan fingerprint density at radius 2 is 2.27 bits per heavy atom. The molecule has 0 spiro atoms. The van der Waals surface area contributed by atoms with Gasteiger partial charge in [-0.2, -0.15) is 12.6 Å². The van der Waals surface area contributed by atoms with Gasteiger partial charge in [-0.1, -0.05) is 12.2 Å². The normalized spacial score (nSPS) is 46.6. The van der Waals surface area contributed by atoms with Gasteiger partial charge in [0.25, 0.3) is 0 Å². The highest BCUT2D eigenvalue weighted by Crippen LogP contribution is 2.38. The summed E-state index contributed by atoms with van der Waals surface area (Å²) in [5.41, 5.74) is 0. The fourth-order valence-corrected chi connectivity index (χ4v) is 1.81. The van der Waals surface area contributed by atoms with Crippen molar-refractivity contribution < 1.29 is 14.6 Å². The van der Waals surface area contributed by atoms with Crippen LogP contribution in [-0.4, -0.2) is 28.5 Å².